The van der Waals surface area contributed by atoms with E-state index < -0.39 is 5.60 Å². The molecule has 1 amide bonds. The molecule has 0 aromatic heterocycles. The van der Waals surface area contributed by atoms with Crippen LogP contribution in [0.3, 0.4) is 0 Å². The van der Waals surface area contributed by atoms with Crippen LogP contribution >= 0.6 is 0 Å². The van der Waals surface area contributed by atoms with Crippen molar-refractivity contribution in [2.45, 2.75) is 31.3 Å². The minimum absolute atomic E-state index is 0.0149. The molecule has 1 aromatic rings. The van der Waals surface area contributed by atoms with Crippen LogP contribution in [0.4, 0.5) is 0 Å². The fourth-order valence-corrected chi connectivity index (χ4v) is 2.59. The van der Waals surface area contributed by atoms with E-state index in [4.69, 9.17) is 5.73 Å². The van der Waals surface area contributed by atoms with Crippen LogP contribution in [0.1, 0.15) is 24.8 Å². The summed E-state index contributed by atoms with van der Waals surface area (Å²) in [5, 5.41) is 10.1. The first-order chi connectivity index (χ1) is 9.15. The van der Waals surface area contributed by atoms with Gasteiger partial charge in [0.2, 0.25) is 0 Å². The molecular weight excluding hydrogens is 240 g/mol. The van der Waals surface area contributed by atoms with Gasteiger partial charge in [0.05, 0.1) is 0 Å². The molecule has 1 aliphatic rings. The molecule has 0 bridgehead atoms. The number of nitrogens with zero attached hydrogens (tertiary/aromatic N) is 1. The largest absolute Gasteiger partial charge is 0.379 e. The molecule has 1 fully saturated rings. The summed E-state index contributed by atoms with van der Waals surface area (Å²) < 4.78 is 0. The highest BCUT2D eigenvalue weighted by Crippen LogP contribution is 2.21. The molecule has 0 radical (unpaired) electrons. The van der Waals surface area contributed by atoms with Crippen LogP contribution in [-0.2, 0) is 11.2 Å². The Labute approximate surface area is 114 Å². The van der Waals surface area contributed by atoms with Gasteiger partial charge in [0.1, 0.15) is 0 Å². The van der Waals surface area contributed by atoms with E-state index >= 15 is 0 Å². The second-order valence-corrected chi connectivity index (χ2v) is 5.22. The molecule has 0 unspecified atom stereocenters. The van der Waals surface area contributed by atoms with E-state index in [1.54, 1.807) is 4.90 Å². The minimum Gasteiger partial charge on any atom is -0.379 e. The van der Waals surface area contributed by atoms with Crippen LogP contribution in [0.2, 0.25) is 0 Å². The van der Waals surface area contributed by atoms with E-state index in [0.29, 0.717) is 13.0 Å². The van der Waals surface area contributed by atoms with Gasteiger partial charge in [-0.3, -0.25) is 4.79 Å². The van der Waals surface area contributed by atoms with Crippen LogP contribution < -0.4 is 5.73 Å². The number of piperidine rings is 1. The van der Waals surface area contributed by atoms with E-state index in [2.05, 4.69) is 12.1 Å². The van der Waals surface area contributed by atoms with Gasteiger partial charge in [-0.2, -0.15) is 0 Å². The van der Waals surface area contributed by atoms with Crippen molar-refractivity contribution in [1.82, 2.24) is 4.90 Å². The van der Waals surface area contributed by atoms with Crippen molar-refractivity contribution in [3.63, 3.8) is 0 Å². The fraction of sp³-hybridized carbons (Fsp3) is 0.533. The third-order valence-corrected chi connectivity index (χ3v) is 3.78. The number of benzene rings is 1. The standard InChI is InChI=1S/C15H22N2O2/c16-12-15(19)9-5-11-17(14(15)18)10-4-8-13-6-2-1-3-7-13/h1-3,6-7,19H,4-5,8-12,16H2/t15-/m1/s1. The number of likely N-dealkylation sites (tertiary alicyclic amines) is 1. The predicted octanol–water partition coefficient (Wildman–Crippen LogP) is 0.931. The van der Waals surface area contributed by atoms with Gasteiger partial charge in [0, 0.05) is 19.6 Å². The fourth-order valence-electron chi connectivity index (χ4n) is 2.59. The summed E-state index contributed by atoms with van der Waals surface area (Å²) in [6.45, 7) is 1.44. The van der Waals surface area contributed by atoms with Gasteiger partial charge in [-0.15, -0.1) is 0 Å². The van der Waals surface area contributed by atoms with Crippen molar-refractivity contribution < 1.29 is 9.90 Å². The molecule has 1 saturated heterocycles. The lowest BCUT2D eigenvalue weighted by molar-refractivity contribution is -0.155. The van der Waals surface area contributed by atoms with Gasteiger partial charge in [-0.1, -0.05) is 30.3 Å². The second-order valence-electron chi connectivity index (χ2n) is 5.22. The maximum Gasteiger partial charge on any atom is 0.255 e. The molecule has 1 heterocycles. The Balaban J connectivity index is 1.84. The Morgan fingerprint density at radius 1 is 1.32 bits per heavy atom. The highest BCUT2D eigenvalue weighted by atomic mass is 16.3. The lowest BCUT2D eigenvalue weighted by Gasteiger charge is -2.37. The van der Waals surface area contributed by atoms with Crippen LogP contribution in [0.25, 0.3) is 0 Å². The van der Waals surface area contributed by atoms with Crippen LogP contribution in [-0.4, -0.2) is 41.1 Å². The third kappa shape index (κ3) is 3.33. The monoisotopic (exact) mass is 262 g/mol. The van der Waals surface area contributed by atoms with Crippen molar-refractivity contribution in [2.75, 3.05) is 19.6 Å². The van der Waals surface area contributed by atoms with E-state index in [0.717, 1.165) is 25.8 Å². The van der Waals surface area contributed by atoms with Gasteiger partial charge >= 0.3 is 0 Å². The number of hydrogen-bond acceptors (Lipinski definition) is 3. The SMILES string of the molecule is NC[C@]1(O)CCCN(CCCc2ccccc2)C1=O. The highest BCUT2D eigenvalue weighted by Gasteiger charge is 2.40. The topological polar surface area (TPSA) is 66.6 Å². The predicted molar refractivity (Wildman–Crippen MR) is 74.6 cm³/mol. The number of carbonyl (C=O) groups is 1. The maximum atomic E-state index is 12.1. The lowest BCUT2D eigenvalue weighted by atomic mass is 9.92. The lowest BCUT2D eigenvalue weighted by Crippen LogP contribution is -2.57. The summed E-state index contributed by atoms with van der Waals surface area (Å²) in [5.74, 6) is -0.200. The molecule has 1 aliphatic heterocycles. The number of amides is 1. The van der Waals surface area contributed by atoms with E-state index in [-0.39, 0.29) is 12.5 Å². The molecule has 19 heavy (non-hydrogen) atoms. The zero-order valence-electron chi connectivity index (χ0n) is 11.2. The van der Waals surface area contributed by atoms with Crippen LogP contribution in [0.5, 0.6) is 0 Å². The van der Waals surface area contributed by atoms with Crippen molar-refractivity contribution in [1.29, 1.82) is 0 Å². The Kier molecular flexibility index (Phi) is 4.56. The molecule has 0 aliphatic carbocycles. The van der Waals surface area contributed by atoms with Crippen molar-refractivity contribution in [3.05, 3.63) is 35.9 Å². The highest BCUT2D eigenvalue weighted by molar-refractivity contribution is 5.86. The smallest absolute Gasteiger partial charge is 0.255 e. The third-order valence-electron chi connectivity index (χ3n) is 3.78. The number of carbonyl (C=O) groups excluding carboxylic acids is 1. The van der Waals surface area contributed by atoms with Gasteiger partial charge < -0.3 is 15.7 Å². The van der Waals surface area contributed by atoms with Crippen molar-refractivity contribution >= 4 is 5.91 Å². The maximum absolute atomic E-state index is 12.1. The Morgan fingerprint density at radius 2 is 2.05 bits per heavy atom. The van der Waals surface area contributed by atoms with E-state index in [1.807, 2.05) is 18.2 Å². The molecule has 3 N–H and O–H groups in total. The zero-order valence-corrected chi connectivity index (χ0v) is 11.2. The summed E-state index contributed by atoms with van der Waals surface area (Å²) in [6, 6.07) is 10.2. The van der Waals surface area contributed by atoms with Gasteiger partial charge in [-0.05, 0) is 31.2 Å². The molecule has 104 valence electrons. The van der Waals surface area contributed by atoms with Gasteiger partial charge in [-0.25, -0.2) is 0 Å². The first-order valence-corrected chi connectivity index (χ1v) is 6.91. The van der Waals surface area contributed by atoms with Crippen molar-refractivity contribution in [2.24, 2.45) is 5.73 Å². The average molecular weight is 262 g/mol. The summed E-state index contributed by atoms with van der Waals surface area (Å²) in [5.41, 5.74) is 5.46. The number of aliphatic hydroxyl groups is 1. The molecule has 1 atom stereocenters. The first kappa shape index (κ1) is 14.0. The number of hydrogen-bond donors (Lipinski definition) is 2. The van der Waals surface area contributed by atoms with E-state index in [1.165, 1.54) is 5.56 Å². The van der Waals surface area contributed by atoms with E-state index in [9.17, 15) is 9.90 Å². The molecular formula is C15H22N2O2. The second kappa shape index (κ2) is 6.17. The Bertz CT molecular complexity index is 421. The Hall–Kier alpha value is -1.39. The quantitative estimate of drug-likeness (QED) is 0.829. The molecule has 0 saturated carbocycles. The summed E-state index contributed by atoms with van der Waals surface area (Å²) in [4.78, 5) is 13.9. The normalized spacial score (nSPS) is 23.7. The molecule has 4 nitrogen and oxygen atoms in total. The minimum atomic E-state index is -1.33. The molecule has 4 heteroatoms. The molecule has 0 spiro atoms. The molecule has 2 rings (SSSR count). The zero-order chi connectivity index (χ0) is 13.7. The van der Waals surface area contributed by atoms with Crippen molar-refractivity contribution in [3.8, 4) is 0 Å². The Morgan fingerprint density at radius 3 is 2.74 bits per heavy atom. The molecule has 1 aromatic carbocycles. The van der Waals surface area contributed by atoms with Gasteiger partial charge in [0.25, 0.3) is 5.91 Å². The summed E-state index contributed by atoms with van der Waals surface area (Å²) in [6.07, 6.45) is 3.17. The average Bonchev–Trinajstić information content (AvgIpc) is 2.45. The van der Waals surface area contributed by atoms with Gasteiger partial charge in [0.15, 0.2) is 5.60 Å². The number of nitrogens with two attached hydrogens (primary N) is 1. The summed E-state index contributed by atoms with van der Waals surface area (Å²) >= 11 is 0. The summed E-state index contributed by atoms with van der Waals surface area (Å²) in [7, 11) is 0. The number of aryl methyl sites for hydroxylation is 1. The van der Waals surface area contributed by atoms with Crippen LogP contribution in [0.15, 0.2) is 30.3 Å². The van der Waals surface area contributed by atoms with Crippen LogP contribution in [0, 0.1) is 0 Å². The first-order valence-electron chi connectivity index (χ1n) is 6.91. The number of rotatable bonds is 5.